The van der Waals surface area contributed by atoms with Crippen molar-refractivity contribution in [3.05, 3.63) is 109 Å². The summed E-state index contributed by atoms with van der Waals surface area (Å²) in [4.78, 5) is 13.4. The minimum Gasteiger partial charge on any atom is -0.394 e. The predicted octanol–water partition coefficient (Wildman–Crippen LogP) is 7.49. The van der Waals surface area contributed by atoms with Gasteiger partial charge in [-0.2, -0.15) is 0 Å². The molecule has 17 atom stereocenters. The fraction of sp³-hybridized carbons (Fsp3) is 0.721. The highest BCUT2D eigenvalue weighted by atomic mass is 16.8. The number of aliphatic hydroxyl groups excluding tert-OH is 11. The van der Waals surface area contributed by atoms with Gasteiger partial charge in [0, 0.05) is 6.42 Å². The fourth-order valence-corrected chi connectivity index (χ4v) is 10.2. The summed E-state index contributed by atoms with van der Waals surface area (Å²) < 4.78 is 34.2. The maximum Gasteiger partial charge on any atom is 0.220 e. The summed E-state index contributed by atoms with van der Waals surface area (Å²) in [6, 6.07) is -1.02. The van der Waals surface area contributed by atoms with E-state index in [1.807, 2.05) is 6.08 Å². The Morgan fingerprint density at radius 2 is 0.805 bits per heavy atom. The Morgan fingerprint density at radius 3 is 1.29 bits per heavy atom. The van der Waals surface area contributed by atoms with E-state index >= 15 is 0 Å². The standard InChI is InChI=1S/C68H113NO18/c1-3-5-7-9-11-13-15-17-19-21-22-23-24-25-26-27-28-30-32-34-36-38-40-42-44-46-56(74)69-51(52(73)45-43-41-39-37-35-33-31-29-20-18-16-14-12-10-8-6-4-2)50-82-66-62(80)59(77)64(54(48-71)84-66)87-68-63(81)60(78)65(55(49-72)85-68)86-67-61(79)58(76)57(75)53(47-70)83-67/h5,7,11,13,17,19,22-23,25-26,28,30,34-37,43,45,51-55,57-68,70-73,75-81H,3-4,6,8-10,12,14-16,18,20-21,24,27,29,31-33,38-42,44,46-50H2,1-2H3,(H,69,74)/b7-5-,13-11-,19-17-,23-22-,26-25-,30-28-,36-34-,37-35+,45-43+. The van der Waals surface area contributed by atoms with E-state index in [1.165, 1.54) is 64.2 Å². The monoisotopic (exact) mass is 1230 g/mol. The molecular weight excluding hydrogens is 1120 g/mol. The van der Waals surface area contributed by atoms with Gasteiger partial charge in [0.15, 0.2) is 18.9 Å². The van der Waals surface area contributed by atoms with Crippen LogP contribution in [0.25, 0.3) is 0 Å². The molecule has 19 nitrogen and oxygen atoms in total. The largest absolute Gasteiger partial charge is 0.394 e. The molecule has 87 heavy (non-hydrogen) atoms. The Morgan fingerprint density at radius 1 is 0.425 bits per heavy atom. The topological polar surface area (TPSA) is 307 Å². The van der Waals surface area contributed by atoms with Crippen molar-refractivity contribution in [1.82, 2.24) is 5.32 Å². The van der Waals surface area contributed by atoms with Crippen LogP contribution in [-0.2, 0) is 33.2 Å². The number of nitrogens with one attached hydrogen (secondary N) is 1. The zero-order chi connectivity index (χ0) is 63.3. The molecule has 3 saturated heterocycles. The number of unbranched alkanes of at least 4 members (excludes halogenated alkanes) is 15. The van der Waals surface area contributed by atoms with Crippen LogP contribution in [-0.4, -0.2) is 193 Å². The highest BCUT2D eigenvalue weighted by molar-refractivity contribution is 5.76. The first-order valence-corrected chi connectivity index (χ1v) is 32.6. The molecule has 498 valence electrons. The van der Waals surface area contributed by atoms with E-state index in [-0.39, 0.29) is 18.9 Å². The Bertz CT molecular complexity index is 2000. The second-order valence-electron chi connectivity index (χ2n) is 22.8. The Hall–Kier alpha value is -3.55. The lowest BCUT2D eigenvalue weighted by atomic mass is 9.96. The number of rotatable bonds is 47. The lowest BCUT2D eigenvalue weighted by Crippen LogP contribution is -2.66. The minimum atomic E-state index is -1.99. The average Bonchev–Trinajstić information content (AvgIpc) is 1.15. The van der Waals surface area contributed by atoms with E-state index < -0.39 is 124 Å². The quantitative estimate of drug-likeness (QED) is 0.0207. The third-order valence-corrected chi connectivity index (χ3v) is 15.6. The van der Waals surface area contributed by atoms with Gasteiger partial charge >= 0.3 is 0 Å². The molecule has 0 aromatic heterocycles. The van der Waals surface area contributed by atoms with Gasteiger partial charge in [-0.15, -0.1) is 0 Å². The number of amides is 1. The van der Waals surface area contributed by atoms with E-state index in [4.69, 9.17) is 28.4 Å². The molecule has 0 aliphatic carbocycles. The lowest BCUT2D eigenvalue weighted by Gasteiger charge is -2.48. The van der Waals surface area contributed by atoms with E-state index in [0.29, 0.717) is 12.8 Å². The van der Waals surface area contributed by atoms with Crippen LogP contribution >= 0.6 is 0 Å². The second-order valence-corrected chi connectivity index (χ2v) is 22.8. The van der Waals surface area contributed by atoms with Crippen LogP contribution in [0.15, 0.2) is 109 Å². The molecule has 17 unspecified atom stereocenters. The summed E-state index contributed by atoms with van der Waals surface area (Å²) in [7, 11) is 0. The zero-order valence-corrected chi connectivity index (χ0v) is 52.2. The van der Waals surface area contributed by atoms with Gasteiger partial charge < -0.3 is 89.9 Å². The van der Waals surface area contributed by atoms with Crippen molar-refractivity contribution < 1.29 is 89.4 Å². The lowest BCUT2D eigenvalue weighted by molar-refractivity contribution is -0.379. The number of hydrogen-bond donors (Lipinski definition) is 12. The van der Waals surface area contributed by atoms with E-state index in [2.05, 4.69) is 116 Å². The third-order valence-electron chi connectivity index (χ3n) is 15.6. The summed E-state index contributed by atoms with van der Waals surface area (Å²) in [5.74, 6) is -0.323. The first-order chi connectivity index (χ1) is 42.3. The van der Waals surface area contributed by atoms with Crippen LogP contribution in [0.2, 0.25) is 0 Å². The van der Waals surface area contributed by atoms with Gasteiger partial charge in [0.25, 0.3) is 0 Å². The number of aliphatic hydroxyl groups is 11. The van der Waals surface area contributed by atoms with Crippen molar-refractivity contribution in [1.29, 1.82) is 0 Å². The molecule has 0 aromatic rings. The van der Waals surface area contributed by atoms with E-state index in [1.54, 1.807) is 6.08 Å². The Balaban J connectivity index is 1.49. The molecule has 0 aromatic carbocycles. The van der Waals surface area contributed by atoms with Crippen molar-refractivity contribution in [2.24, 2.45) is 0 Å². The molecule has 0 saturated carbocycles. The highest BCUT2D eigenvalue weighted by Crippen LogP contribution is 2.33. The van der Waals surface area contributed by atoms with Crippen molar-refractivity contribution in [3.8, 4) is 0 Å². The van der Waals surface area contributed by atoms with E-state index in [0.717, 1.165) is 83.5 Å². The molecule has 0 bridgehead atoms. The molecule has 3 aliphatic heterocycles. The molecule has 3 aliphatic rings. The van der Waals surface area contributed by atoms with Crippen molar-refractivity contribution in [2.45, 2.75) is 285 Å². The van der Waals surface area contributed by atoms with Crippen LogP contribution in [0, 0.1) is 0 Å². The van der Waals surface area contributed by atoms with Gasteiger partial charge in [0.05, 0.1) is 38.6 Å². The number of ether oxygens (including phenoxy) is 6. The molecule has 3 fully saturated rings. The van der Waals surface area contributed by atoms with Crippen LogP contribution in [0.4, 0.5) is 0 Å². The third kappa shape index (κ3) is 31.8. The van der Waals surface area contributed by atoms with Gasteiger partial charge in [-0.1, -0.05) is 194 Å². The first kappa shape index (κ1) is 77.7. The van der Waals surface area contributed by atoms with Gasteiger partial charge in [-0.25, -0.2) is 0 Å². The molecule has 12 N–H and O–H groups in total. The molecule has 0 radical (unpaired) electrons. The van der Waals surface area contributed by atoms with Gasteiger partial charge in [0.2, 0.25) is 5.91 Å². The van der Waals surface area contributed by atoms with Crippen LogP contribution in [0.5, 0.6) is 0 Å². The van der Waals surface area contributed by atoms with Crippen molar-refractivity contribution >= 4 is 5.91 Å². The van der Waals surface area contributed by atoms with Crippen molar-refractivity contribution in [2.75, 3.05) is 26.4 Å². The van der Waals surface area contributed by atoms with Crippen LogP contribution in [0.3, 0.4) is 0 Å². The Kier molecular flexibility index (Phi) is 43.9. The number of allylic oxidation sites excluding steroid dienone is 17. The highest BCUT2D eigenvalue weighted by Gasteiger charge is 2.53. The van der Waals surface area contributed by atoms with E-state index in [9.17, 15) is 61.0 Å². The summed E-state index contributed by atoms with van der Waals surface area (Å²) in [6.45, 7) is 1.54. The molecule has 1 amide bonds. The summed E-state index contributed by atoms with van der Waals surface area (Å²) in [6.07, 6.45) is 37.7. The van der Waals surface area contributed by atoms with Crippen LogP contribution in [0.1, 0.15) is 181 Å². The average molecular weight is 1230 g/mol. The smallest absolute Gasteiger partial charge is 0.220 e. The summed E-state index contributed by atoms with van der Waals surface area (Å²) in [5.41, 5.74) is 0. The molecule has 3 rings (SSSR count). The maximum atomic E-state index is 13.4. The second kappa shape index (κ2) is 49.2. The fourth-order valence-electron chi connectivity index (χ4n) is 10.2. The zero-order valence-electron chi connectivity index (χ0n) is 52.2. The predicted molar refractivity (Wildman–Crippen MR) is 337 cm³/mol. The molecular formula is C68H113NO18. The first-order valence-electron chi connectivity index (χ1n) is 32.6. The van der Waals surface area contributed by atoms with Gasteiger partial charge in [-0.3, -0.25) is 4.79 Å². The van der Waals surface area contributed by atoms with Gasteiger partial charge in [0.1, 0.15) is 73.2 Å². The van der Waals surface area contributed by atoms with Gasteiger partial charge in [-0.05, 0) is 89.9 Å². The normalized spacial score (nSPS) is 29.3. The minimum absolute atomic E-state index is 0.188. The van der Waals surface area contributed by atoms with Crippen molar-refractivity contribution in [3.63, 3.8) is 0 Å². The number of hydrogen-bond acceptors (Lipinski definition) is 18. The van der Waals surface area contributed by atoms with Crippen LogP contribution < -0.4 is 5.32 Å². The maximum absolute atomic E-state index is 13.4. The number of carbonyl (C=O) groups is 1. The summed E-state index contributed by atoms with van der Waals surface area (Å²) in [5, 5.41) is 120. The number of carbonyl (C=O) groups excluding carboxylic acids is 1. The Labute approximate surface area is 519 Å². The molecule has 0 spiro atoms. The summed E-state index contributed by atoms with van der Waals surface area (Å²) >= 11 is 0. The SMILES string of the molecule is CC/C=C\C/C=C\C/C=C\C/C=C\C/C=C\C/C=C\C/C=C\CCCCCC(=O)NC(COC1OC(CO)C(OC2OC(CO)C(OC3OC(CO)C(O)C(O)C3O)C(O)C2O)C(O)C1O)C(O)/C=C/CC/C=C/CCCCCCCCCCCCC. The molecule has 19 heteroatoms. The molecule has 3 heterocycles.